The van der Waals surface area contributed by atoms with Crippen LogP contribution < -0.4 is 10.2 Å². The number of hydrogen-bond acceptors (Lipinski definition) is 6. The number of carbonyl (C=O) groups excluding carboxylic acids is 2. The van der Waals surface area contributed by atoms with Crippen LogP contribution in [-0.4, -0.2) is 47.8 Å². The second kappa shape index (κ2) is 9.63. The zero-order chi connectivity index (χ0) is 24.4. The smallest absolute Gasteiger partial charge is 0.269 e. The fraction of sp³-hybridized carbons (Fsp3) is 0.154. The molecule has 0 aromatic heterocycles. The van der Waals surface area contributed by atoms with Crippen molar-refractivity contribution in [3.63, 3.8) is 0 Å². The molecule has 0 unspecified atom stereocenters. The minimum atomic E-state index is -0.413. The number of anilines is 2. The van der Waals surface area contributed by atoms with Gasteiger partial charge in [-0.1, -0.05) is 36.0 Å². The molecule has 9 heteroatoms. The molecular formula is C26H22N4O4S. The number of nitrogens with one attached hydrogen (secondary N) is 1. The van der Waals surface area contributed by atoms with Gasteiger partial charge in [-0.15, -0.1) is 0 Å². The Hall–Kier alpha value is -4.11. The highest BCUT2D eigenvalue weighted by molar-refractivity contribution is 8.04. The summed E-state index contributed by atoms with van der Waals surface area (Å²) < 4.78 is 0. The van der Waals surface area contributed by atoms with Crippen LogP contribution >= 0.6 is 11.8 Å². The first-order valence-electron chi connectivity index (χ1n) is 11.2. The molecule has 2 heterocycles. The van der Waals surface area contributed by atoms with E-state index in [0.29, 0.717) is 36.6 Å². The lowest BCUT2D eigenvalue weighted by molar-refractivity contribution is -0.384. The largest absolute Gasteiger partial charge is 0.368 e. The average Bonchev–Trinajstić information content (AvgIpc) is 2.89. The SMILES string of the molecule is O=C1Nc2ccccc2S/C1=C/c1ccc(C(=O)N2CCN(c3ccc([N+](=O)[O-])cc3)CC2)cc1. The zero-order valence-corrected chi connectivity index (χ0v) is 19.5. The van der Waals surface area contributed by atoms with Gasteiger partial charge in [-0.05, 0) is 48.0 Å². The topological polar surface area (TPSA) is 95.8 Å². The number of thioether (sulfide) groups is 1. The predicted octanol–water partition coefficient (Wildman–Crippen LogP) is 4.64. The van der Waals surface area contributed by atoms with E-state index < -0.39 is 4.92 Å². The molecule has 1 N–H and O–H groups in total. The van der Waals surface area contributed by atoms with Gasteiger partial charge in [-0.2, -0.15) is 0 Å². The Morgan fingerprint density at radius 1 is 0.943 bits per heavy atom. The number of rotatable bonds is 4. The molecule has 5 rings (SSSR count). The molecule has 3 aromatic carbocycles. The van der Waals surface area contributed by atoms with Gasteiger partial charge >= 0.3 is 0 Å². The second-order valence-corrected chi connectivity index (χ2v) is 9.32. The summed E-state index contributed by atoms with van der Waals surface area (Å²) in [4.78, 5) is 41.4. The van der Waals surface area contributed by atoms with Crippen molar-refractivity contribution in [1.82, 2.24) is 4.90 Å². The fourth-order valence-electron chi connectivity index (χ4n) is 4.11. The minimum absolute atomic E-state index is 0.0359. The molecule has 0 spiro atoms. The van der Waals surface area contributed by atoms with E-state index in [4.69, 9.17) is 0 Å². The standard InChI is InChI=1S/C26H22N4O4S/c31-25-24(35-23-4-2-1-3-22(23)27-25)17-18-5-7-19(8-6-18)26(32)29-15-13-28(14-16-29)20-9-11-21(12-10-20)30(33)34/h1-12,17H,13-16H2,(H,27,31)/b24-17+. The number of nitro benzene ring substituents is 1. The summed E-state index contributed by atoms with van der Waals surface area (Å²) in [6.07, 6.45) is 1.83. The van der Waals surface area contributed by atoms with Crippen LogP contribution in [0.15, 0.2) is 82.6 Å². The fourth-order valence-corrected chi connectivity index (χ4v) is 5.06. The summed E-state index contributed by atoms with van der Waals surface area (Å²) in [6.45, 7) is 2.44. The summed E-state index contributed by atoms with van der Waals surface area (Å²) in [5, 5.41) is 13.8. The van der Waals surface area contributed by atoms with Crippen molar-refractivity contribution in [2.24, 2.45) is 0 Å². The van der Waals surface area contributed by atoms with E-state index in [-0.39, 0.29) is 17.5 Å². The molecule has 0 aliphatic carbocycles. The maximum atomic E-state index is 13.0. The van der Waals surface area contributed by atoms with Gasteiger partial charge in [0.25, 0.3) is 17.5 Å². The predicted molar refractivity (Wildman–Crippen MR) is 137 cm³/mol. The highest BCUT2D eigenvalue weighted by atomic mass is 32.2. The van der Waals surface area contributed by atoms with Gasteiger partial charge in [0.2, 0.25) is 0 Å². The van der Waals surface area contributed by atoms with Gasteiger partial charge < -0.3 is 15.1 Å². The molecule has 35 heavy (non-hydrogen) atoms. The van der Waals surface area contributed by atoms with Crippen LogP contribution in [0.4, 0.5) is 17.1 Å². The van der Waals surface area contributed by atoms with Gasteiger partial charge in [-0.25, -0.2) is 0 Å². The number of benzene rings is 3. The van der Waals surface area contributed by atoms with Crippen LogP contribution in [0.2, 0.25) is 0 Å². The molecule has 8 nitrogen and oxygen atoms in total. The number of para-hydroxylation sites is 1. The van der Waals surface area contributed by atoms with Crippen molar-refractivity contribution < 1.29 is 14.5 Å². The normalized spacial score (nSPS) is 16.6. The van der Waals surface area contributed by atoms with E-state index in [9.17, 15) is 19.7 Å². The van der Waals surface area contributed by atoms with Crippen LogP contribution in [-0.2, 0) is 4.79 Å². The third-order valence-electron chi connectivity index (χ3n) is 6.03. The van der Waals surface area contributed by atoms with Gasteiger partial charge in [0.05, 0.1) is 15.5 Å². The Kier molecular flexibility index (Phi) is 6.24. The van der Waals surface area contributed by atoms with E-state index in [1.54, 1.807) is 24.3 Å². The number of carbonyl (C=O) groups is 2. The van der Waals surface area contributed by atoms with Crippen LogP contribution in [0.3, 0.4) is 0 Å². The average molecular weight is 487 g/mol. The molecule has 3 aromatic rings. The number of amides is 2. The first-order valence-corrected chi connectivity index (χ1v) is 12.0. The molecule has 176 valence electrons. The highest BCUT2D eigenvalue weighted by Crippen LogP contribution is 2.38. The lowest BCUT2D eigenvalue weighted by atomic mass is 10.1. The van der Waals surface area contributed by atoms with E-state index >= 15 is 0 Å². The zero-order valence-electron chi connectivity index (χ0n) is 18.7. The molecule has 1 fully saturated rings. The van der Waals surface area contributed by atoms with Crippen molar-refractivity contribution in [3.8, 4) is 0 Å². The van der Waals surface area contributed by atoms with Crippen LogP contribution in [0.25, 0.3) is 6.08 Å². The van der Waals surface area contributed by atoms with E-state index in [1.807, 2.05) is 47.4 Å². The Bertz CT molecular complexity index is 1310. The first kappa shape index (κ1) is 22.7. The van der Waals surface area contributed by atoms with Crippen molar-refractivity contribution in [2.45, 2.75) is 4.90 Å². The first-order chi connectivity index (χ1) is 17.0. The van der Waals surface area contributed by atoms with Crippen molar-refractivity contribution in [1.29, 1.82) is 0 Å². The molecule has 2 amide bonds. The molecule has 0 saturated carbocycles. The Balaban J connectivity index is 1.21. The quantitative estimate of drug-likeness (QED) is 0.328. The highest BCUT2D eigenvalue weighted by Gasteiger charge is 2.23. The lowest BCUT2D eigenvalue weighted by Crippen LogP contribution is -2.48. The lowest BCUT2D eigenvalue weighted by Gasteiger charge is -2.36. The number of hydrogen-bond donors (Lipinski definition) is 1. The van der Waals surface area contributed by atoms with E-state index in [2.05, 4.69) is 10.2 Å². The maximum absolute atomic E-state index is 13.0. The number of non-ortho nitro benzene ring substituents is 1. The summed E-state index contributed by atoms with van der Waals surface area (Å²) in [5.74, 6) is -0.175. The molecule has 2 aliphatic rings. The summed E-state index contributed by atoms with van der Waals surface area (Å²) in [5.41, 5.74) is 3.24. The van der Waals surface area contributed by atoms with Crippen molar-refractivity contribution in [3.05, 3.63) is 98.9 Å². The summed E-state index contributed by atoms with van der Waals surface area (Å²) >= 11 is 1.43. The third-order valence-corrected chi connectivity index (χ3v) is 7.13. The van der Waals surface area contributed by atoms with Gasteiger partial charge in [0, 0.05) is 54.5 Å². The molecule has 0 bridgehead atoms. The number of nitro groups is 1. The van der Waals surface area contributed by atoms with Gasteiger partial charge in [0.15, 0.2) is 0 Å². The minimum Gasteiger partial charge on any atom is -0.368 e. The van der Waals surface area contributed by atoms with Crippen LogP contribution in [0.1, 0.15) is 15.9 Å². The molecule has 2 aliphatic heterocycles. The number of nitrogens with zero attached hydrogens (tertiary/aromatic N) is 3. The van der Waals surface area contributed by atoms with E-state index in [0.717, 1.165) is 21.8 Å². The third kappa shape index (κ3) is 4.90. The maximum Gasteiger partial charge on any atom is 0.269 e. The van der Waals surface area contributed by atoms with Crippen LogP contribution in [0.5, 0.6) is 0 Å². The second-order valence-electron chi connectivity index (χ2n) is 8.24. The van der Waals surface area contributed by atoms with Gasteiger partial charge in [0.1, 0.15) is 0 Å². The molecule has 1 saturated heterocycles. The molecule has 0 atom stereocenters. The van der Waals surface area contributed by atoms with Crippen molar-refractivity contribution in [2.75, 3.05) is 36.4 Å². The molecule has 0 radical (unpaired) electrons. The number of piperazine rings is 1. The summed E-state index contributed by atoms with van der Waals surface area (Å²) in [6, 6.07) is 21.4. The van der Waals surface area contributed by atoms with Crippen LogP contribution in [0, 0.1) is 10.1 Å². The number of fused-ring (bicyclic) bond motifs is 1. The van der Waals surface area contributed by atoms with Gasteiger partial charge in [-0.3, -0.25) is 19.7 Å². The molecular weight excluding hydrogens is 464 g/mol. The monoisotopic (exact) mass is 486 g/mol. The Morgan fingerprint density at radius 3 is 2.31 bits per heavy atom. The van der Waals surface area contributed by atoms with E-state index in [1.165, 1.54) is 23.9 Å². The Morgan fingerprint density at radius 2 is 1.63 bits per heavy atom. The summed E-state index contributed by atoms with van der Waals surface area (Å²) in [7, 11) is 0. The Labute approximate surface area is 206 Å². The van der Waals surface area contributed by atoms with Crippen molar-refractivity contribution >= 4 is 46.7 Å².